The molecule has 0 aliphatic heterocycles. The summed E-state index contributed by atoms with van der Waals surface area (Å²) >= 11 is 0. The number of aromatic nitrogens is 4. The first-order valence-electron chi connectivity index (χ1n) is 5.25. The lowest BCUT2D eigenvalue weighted by Crippen LogP contribution is -2.17. The van der Waals surface area contributed by atoms with Crippen LogP contribution in [0.3, 0.4) is 0 Å². The number of para-hydroxylation sites is 2. The van der Waals surface area contributed by atoms with E-state index in [1.165, 1.54) is 4.68 Å². The van der Waals surface area contributed by atoms with Crippen molar-refractivity contribution >= 4 is 11.0 Å². The van der Waals surface area contributed by atoms with Gasteiger partial charge in [-0.1, -0.05) is 12.1 Å². The SMILES string of the molecule is Cc1cnn(-c2nc3ccccc3[nH]c2=O)c1. The van der Waals surface area contributed by atoms with E-state index in [0.717, 1.165) is 16.6 Å². The third-order valence-corrected chi connectivity index (χ3v) is 2.51. The molecule has 0 saturated carbocycles. The molecule has 0 aliphatic rings. The fourth-order valence-corrected chi connectivity index (χ4v) is 1.70. The molecule has 17 heavy (non-hydrogen) atoms. The van der Waals surface area contributed by atoms with Gasteiger partial charge in [0.2, 0.25) is 5.82 Å². The van der Waals surface area contributed by atoms with Gasteiger partial charge in [0.05, 0.1) is 17.2 Å². The molecule has 3 aromatic rings. The molecule has 0 saturated heterocycles. The topological polar surface area (TPSA) is 63.6 Å². The molecule has 0 unspecified atom stereocenters. The number of fused-ring (bicyclic) bond motifs is 1. The van der Waals surface area contributed by atoms with Crippen molar-refractivity contribution in [3.05, 3.63) is 52.6 Å². The number of nitrogens with zero attached hydrogens (tertiary/aromatic N) is 3. The second-order valence-electron chi connectivity index (χ2n) is 3.87. The summed E-state index contributed by atoms with van der Waals surface area (Å²) in [5.41, 5.74) is 2.21. The summed E-state index contributed by atoms with van der Waals surface area (Å²) in [4.78, 5) is 19.0. The fraction of sp³-hybridized carbons (Fsp3) is 0.0833. The molecule has 0 amide bonds. The smallest absolute Gasteiger partial charge is 0.293 e. The highest BCUT2D eigenvalue weighted by Crippen LogP contribution is 2.08. The molecule has 0 radical (unpaired) electrons. The van der Waals surface area contributed by atoms with E-state index >= 15 is 0 Å². The predicted octanol–water partition coefficient (Wildman–Crippen LogP) is 1.42. The fourth-order valence-electron chi connectivity index (χ4n) is 1.70. The molecule has 0 spiro atoms. The van der Waals surface area contributed by atoms with Gasteiger partial charge in [-0.15, -0.1) is 0 Å². The number of hydrogen-bond donors (Lipinski definition) is 1. The first kappa shape index (κ1) is 9.77. The number of rotatable bonds is 1. The molecular formula is C12H10N4O. The van der Waals surface area contributed by atoms with Crippen LogP contribution >= 0.6 is 0 Å². The molecule has 0 fully saturated rings. The van der Waals surface area contributed by atoms with Crippen LogP contribution < -0.4 is 5.56 Å². The van der Waals surface area contributed by atoms with Gasteiger partial charge in [0.1, 0.15) is 0 Å². The van der Waals surface area contributed by atoms with Crippen LogP contribution in [0, 0.1) is 6.92 Å². The van der Waals surface area contributed by atoms with Gasteiger partial charge >= 0.3 is 0 Å². The van der Waals surface area contributed by atoms with Crippen molar-refractivity contribution in [2.45, 2.75) is 6.92 Å². The van der Waals surface area contributed by atoms with E-state index in [1.807, 2.05) is 31.2 Å². The van der Waals surface area contributed by atoms with E-state index < -0.39 is 0 Å². The minimum atomic E-state index is -0.244. The van der Waals surface area contributed by atoms with E-state index in [2.05, 4.69) is 15.1 Å². The Balaban J connectivity index is 2.30. The highest BCUT2D eigenvalue weighted by molar-refractivity contribution is 5.74. The molecule has 1 aromatic carbocycles. The summed E-state index contributed by atoms with van der Waals surface area (Å²) in [5, 5.41) is 4.09. The van der Waals surface area contributed by atoms with Gasteiger partial charge in [0.15, 0.2) is 0 Å². The Morgan fingerprint density at radius 3 is 2.88 bits per heavy atom. The first-order chi connectivity index (χ1) is 8.24. The van der Waals surface area contributed by atoms with Gasteiger partial charge in [-0.05, 0) is 24.6 Å². The molecule has 84 valence electrons. The summed E-state index contributed by atoms with van der Waals surface area (Å²) < 4.78 is 1.49. The Kier molecular flexibility index (Phi) is 2.04. The molecule has 5 heteroatoms. The third kappa shape index (κ3) is 1.61. The van der Waals surface area contributed by atoms with Crippen LogP contribution in [0.2, 0.25) is 0 Å². The van der Waals surface area contributed by atoms with Crippen LogP contribution in [0.25, 0.3) is 16.9 Å². The van der Waals surface area contributed by atoms with Gasteiger partial charge in [-0.25, -0.2) is 9.67 Å². The maximum Gasteiger partial charge on any atom is 0.293 e. The van der Waals surface area contributed by atoms with Crippen LogP contribution in [-0.2, 0) is 0 Å². The number of hydrogen-bond acceptors (Lipinski definition) is 3. The predicted molar refractivity (Wildman–Crippen MR) is 64.2 cm³/mol. The van der Waals surface area contributed by atoms with Gasteiger partial charge in [0, 0.05) is 6.20 Å². The number of aryl methyl sites for hydroxylation is 1. The molecule has 2 heterocycles. The number of nitrogens with one attached hydrogen (secondary N) is 1. The van der Waals surface area contributed by atoms with E-state index in [4.69, 9.17) is 0 Å². The Hall–Kier alpha value is -2.43. The molecule has 0 atom stereocenters. The van der Waals surface area contributed by atoms with Crippen molar-refractivity contribution in [1.82, 2.24) is 19.7 Å². The summed E-state index contributed by atoms with van der Waals surface area (Å²) in [6.45, 7) is 1.92. The van der Waals surface area contributed by atoms with Crippen LogP contribution in [-0.4, -0.2) is 19.7 Å². The second kappa shape index (κ2) is 3.55. The Morgan fingerprint density at radius 1 is 1.29 bits per heavy atom. The quantitative estimate of drug-likeness (QED) is 0.682. The first-order valence-corrected chi connectivity index (χ1v) is 5.25. The highest BCUT2D eigenvalue weighted by Gasteiger charge is 2.07. The molecule has 5 nitrogen and oxygen atoms in total. The van der Waals surface area contributed by atoms with Crippen molar-refractivity contribution in [1.29, 1.82) is 0 Å². The monoisotopic (exact) mass is 226 g/mol. The van der Waals surface area contributed by atoms with Crippen molar-refractivity contribution < 1.29 is 0 Å². The molecule has 3 rings (SSSR count). The van der Waals surface area contributed by atoms with Crippen LogP contribution in [0.4, 0.5) is 0 Å². The molecule has 1 N–H and O–H groups in total. The summed E-state index contributed by atoms with van der Waals surface area (Å²) in [7, 11) is 0. The normalized spacial score (nSPS) is 10.9. The maximum atomic E-state index is 11.9. The largest absolute Gasteiger partial charge is 0.317 e. The Bertz CT molecular complexity index is 741. The highest BCUT2D eigenvalue weighted by atomic mass is 16.1. The zero-order valence-corrected chi connectivity index (χ0v) is 9.21. The second-order valence-corrected chi connectivity index (χ2v) is 3.87. The number of H-pyrrole nitrogens is 1. The average Bonchev–Trinajstić information content (AvgIpc) is 2.75. The van der Waals surface area contributed by atoms with E-state index in [1.54, 1.807) is 12.4 Å². The summed E-state index contributed by atoms with van der Waals surface area (Å²) in [5.74, 6) is 0.289. The lowest BCUT2D eigenvalue weighted by molar-refractivity contribution is 0.834. The zero-order chi connectivity index (χ0) is 11.8. The lowest BCUT2D eigenvalue weighted by atomic mass is 10.3. The van der Waals surface area contributed by atoms with E-state index in [-0.39, 0.29) is 11.4 Å². The van der Waals surface area contributed by atoms with Crippen molar-refractivity contribution in [2.75, 3.05) is 0 Å². The molecule has 0 bridgehead atoms. The van der Waals surface area contributed by atoms with Gasteiger partial charge in [-0.2, -0.15) is 5.10 Å². The molecule has 2 aromatic heterocycles. The minimum absolute atomic E-state index is 0.244. The molecular weight excluding hydrogens is 216 g/mol. The zero-order valence-electron chi connectivity index (χ0n) is 9.21. The third-order valence-electron chi connectivity index (χ3n) is 2.51. The van der Waals surface area contributed by atoms with Crippen LogP contribution in [0.15, 0.2) is 41.5 Å². The van der Waals surface area contributed by atoms with Crippen LogP contribution in [0.5, 0.6) is 0 Å². The maximum absolute atomic E-state index is 11.9. The van der Waals surface area contributed by atoms with Gasteiger partial charge in [0.25, 0.3) is 5.56 Å². The van der Waals surface area contributed by atoms with Crippen molar-refractivity contribution in [3.63, 3.8) is 0 Å². The lowest BCUT2D eigenvalue weighted by Gasteiger charge is -2.01. The van der Waals surface area contributed by atoms with Crippen LogP contribution in [0.1, 0.15) is 5.56 Å². The Morgan fingerprint density at radius 2 is 2.12 bits per heavy atom. The standard InChI is InChI=1S/C12H10N4O/c1-8-6-13-16(7-8)11-12(17)15-10-5-3-2-4-9(10)14-11/h2-7H,1H3,(H,15,17). The van der Waals surface area contributed by atoms with E-state index in [9.17, 15) is 4.79 Å². The van der Waals surface area contributed by atoms with Crippen molar-refractivity contribution in [3.8, 4) is 5.82 Å². The Labute approximate surface area is 96.7 Å². The minimum Gasteiger partial charge on any atom is -0.317 e. The van der Waals surface area contributed by atoms with Crippen molar-refractivity contribution in [2.24, 2.45) is 0 Å². The summed E-state index contributed by atoms with van der Waals surface area (Å²) in [6, 6.07) is 7.41. The molecule has 0 aliphatic carbocycles. The van der Waals surface area contributed by atoms with E-state index in [0.29, 0.717) is 0 Å². The van der Waals surface area contributed by atoms with Gasteiger partial charge in [-0.3, -0.25) is 4.79 Å². The number of benzene rings is 1. The van der Waals surface area contributed by atoms with Gasteiger partial charge < -0.3 is 4.98 Å². The number of aromatic amines is 1. The summed E-state index contributed by atoms with van der Waals surface area (Å²) in [6.07, 6.45) is 3.46. The average molecular weight is 226 g/mol.